The van der Waals surface area contributed by atoms with Crippen LogP contribution in [0.5, 0.6) is 17.2 Å². The number of carbonyl (C=O) groups is 1. The van der Waals surface area contributed by atoms with E-state index in [0.29, 0.717) is 50.8 Å². The molecule has 0 saturated heterocycles. The summed E-state index contributed by atoms with van der Waals surface area (Å²) in [6.07, 6.45) is 3.66. The van der Waals surface area contributed by atoms with Gasteiger partial charge in [-0.2, -0.15) is 0 Å². The Morgan fingerprint density at radius 1 is 1.00 bits per heavy atom. The summed E-state index contributed by atoms with van der Waals surface area (Å²) in [5.74, 6) is 1.79. The van der Waals surface area contributed by atoms with Crippen molar-refractivity contribution in [2.75, 3.05) is 45.7 Å². The Labute approximate surface area is 202 Å². The first kappa shape index (κ1) is 27.2. The molecule has 2 rings (SSSR count). The Bertz CT molecular complexity index is 1020. The van der Waals surface area contributed by atoms with E-state index in [1.54, 1.807) is 26.1 Å². The van der Waals surface area contributed by atoms with Crippen molar-refractivity contribution in [1.82, 2.24) is 9.62 Å². The van der Waals surface area contributed by atoms with Crippen LogP contribution in [0.15, 0.2) is 54.6 Å². The van der Waals surface area contributed by atoms with Crippen molar-refractivity contribution in [2.45, 2.75) is 20.3 Å². The summed E-state index contributed by atoms with van der Waals surface area (Å²) in [6.45, 7) is 5.48. The van der Waals surface area contributed by atoms with E-state index in [1.165, 1.54) is 10.4 Å². The second-order valence-corrected chi connectivity index (χ2v) is 9.71. The summed E-state index contributed by atoms with van der Waals surface area (Å²) in [4.78, 5) is 12.1. The molecule has 0 aliphatic carbocycles. The van der Waals surface area contributed by atoms with Gasteiger partial charge < -0.3 is 19.5 Å². The van der Waals surface area contributed by atoms with E-state index >= 15 is 0 Å². The molecule has 0 fully saturated rings. The largest absolute Gasteiger partial charge is 0.490 e. The van der Waals surface area contributed by atoms with Gasteiger partial charge in [-0.3, -0.25) is 4.79 Å². The molecule has 0 radical (unpaired) electrons. The molecule has 0 unspecified atom stereocenters. The highest BCUT2D eigenvalue weighted by molar-refractivity contribution is 7.89. The quantitative estimate of drug-likeness (QED) is 0.304. The van der Waals surface area contributed by atoms with Crippen molar-refractivity contribution in [3.05, 3.63) is 60.2 Å². The van der Waals surface area contributed by atoms with Gasteiger partial charge in [-0.1, -0.05) is 24.3 Å². The van der Waals surface area contributed by atoms with Crippen LogP contribution in [-0.2, 0) is 14.8 Å². The molecular weight excluding hydrogens is 456 g/mol. The zero-order valence-corrected chi connectivity index (χ0v) is 20.8. The molecule has 0 spiro atoms. The van der Waals surface area contributed by atoms with Gasteiger partial charge in [-0.05, 0) is 56.2 Å². The average molecular weight is 491 g/mol. The van der Waals surface area contributed by atoms with E-state index in [4.69, 9.17) is 14.2 Å². The molecule has 0 atom stereocenters. The van der Waals surface area contributed by atoms with Crippen LogP contribution < -0.4 is 19.5 Å². The van der Waals surface area contributed by atoms with E-state index in [0.717, 1.165) is 11.3 Å². The molecule has 186 valence electrons. The Balaban J connectivity index is 1.81. The summed E-state index contributed by atoms with van der Waals surface area (Å²) in [5.41, 5.74) is 0.792. The van der Waals surface area contributed by atoms with Crippen LogP contribution in [0.1, 0.15) is 25.8 Å². The van der Waals surface area contributed by atoms with Gasteiger partial charge in [0.15, 0.2) is 11.5 Å². The lowest BCUT2D eigenvalue weighted by Gasteiger charge is -2.15. The Kier molecular flexibility index (Phi) is 11.4. The number of para-hydroxylation sites is 1. The Morgan fingerprint density at radius 3 is 2.44 bits per heavy atom. The molecule has 1 amide bonds. The van der Waals surface area contributed by atoms with Crippen molar-refractivity contribution in [3.63, 3.8) is 0 Å². The number of sulfonamides is 1. The van der Waals surface area contributed by atoms with Crippen molar-refractivity contribution in [1.29, 1.82) is 0 Å². The molecule has 0 saturated carbocycles. The SMILES string of the molecule is CCOc1cc(C=CC(=O)NCCCN(C)S(=O)(=O)CC)ccc1OCCOc1ccccc1. The number of hydrogen-bond acceptors (Lipinski definition) is 6. The third kappa shape index (κ3) is 9.44. The summed E-state index contributed by atoms with van der Waals surface area (Å²) in [5, 5.41) is 2.76. The minimum atomic E-state index is -3.20. The predicted molar refractivity (Wildman–Crippen MR) is 134 cm³/mol. The minimum absolute atomic E-state index is 0.0631. The van der Waals surface area contributed by atoms with Crippen LogP contribution in [-0.4, -0.2) is 64.3 Å². The van der Waals surface area contributed by atoms with Crippen molar-refractivity contribution >= 4 is 22.0 Å². The van der Waals surface area contributed by atoms with Crippen molar-refractivity contribution < 1.29 is 27.4 Å². The maximum absolute atomic E-state index is 12.1. The molecule has 2 aromatic rings. The molecule has 9 heteroatoms. The average Bonchev–Trinajstić information content (AvgIpc) is 2.84. The third-order valence-corrected chi connectivity index (χ3v) is 6.70. The molecule has 0 aliphatic rings. The Hall–Kier alpha value is -3.04. The van der Waals surface area contributed by atoms with Gasteiger partial charge >= 0.3 is 0 Å². The molecular formula is C25H34N2O6S. The number of ether oxygens (including phenoxy) is 3. The van der Waals surface area contributed by atoms with Gasteiger partial charge in [0.05, 0.1) is 12.4 Å². The van der Waals surface area contributed by atoms with Gasteiger partial charge in [0.1, 0.15) is 19.0 Å². The van der Waals surface area contributed by atoms with E-state index in [-0.39, 0.29) is 11.7 Å². The van der Waals surface area contributed by atoms with Crippen LogP contribution in [0.2, 0.25) is 0 Å². The standard InChI is InChI=1S/C25H34N2O6S/c1-4-31-24-20-21(12-14-23(24)33-19-18-32-22-10-7-6-8-11-22)13-15-25(28)26-16-9-17-27(3)34(29,30)5-2/h6-8,10-15,20H,4-5,9,16-19H2,1-3H3,(H,26,28). The summed E-state index contributed by atoms with van der Waals surface area (Å²) < 4.78 is 41.9. The number of nitrogens with zero attached hydrogens (tertiary/aromatic N) is 1. The van der Waals surface area contributed by atoms with Crippen LogP contribution in [0.3, 0.4) is 0 Å². The molecule has 1 N–H and O–H groups in total. The van der Waals surface area contributed by atoms with Gasteiger partial charge in [0.25, 0.3) is 0 Å². The fraction of sp³-hybridized carbons (Fsp3) is 0.400. The lowest BCUT2D eigenvalue weighted by Crippen LogP contribution is -2.32. The van der Waals surface area contributed by atoms with Crippen molar-refractivity contribution in [2.24, 2.45) is 0 Å². The normalized spacial score (nSPS) is 11.5. The highest BCUT2D eigenvalue weighted by atomic mass is 32.2. The van der Waals surface area contributed by atoms with Gasteiger partial charge in [-0.25, -0.2) is 12.7 Å². The van der Waals surface area contributed by atoms with Gasteiger partial charge in [0, 0.05) is 26.2 Å². The number of benzene rings is 2. The van der Waals surface area contributed by atoms with E-state index in [2.05, 4.69) is 5.32 Å². The van der Waals surface area contributed by atoms with Crippen LogP contribution in [0.4, 0.5) is 0 Å². The summed E-state index contributed by atoms with van der Waals surface area (Å²) in [7, 11) is -1.66. The number of nitrogens with one attached hydrogen (secondary N) is 1. The highest BCUT2D eigenvalue weighted by Gasteiger charge is 2.14. The molecule has 0 aromatic heterocycles. The zero-order chi connectivity index (χ0) is 24.8. The first-order valence-corrected chi connectivity index (χ1v) is 12.9. The highest BCUT2D eigenvalue weighted by Crippen LogP contribution is 2.29. The van der Waals surface area contributed by atoms with Gasteiger partial charge in [-0.15, -0.1) is 0 Å². The fourth-order valence-electron chi connectivity index (χ4n) is 2.95. The molecule has 8 nitrogen and oxygen atoms in total. The van der Waals surface area contributed by atoms with Crippen LogP contribution >= 0.6 is 0 Å². The lowest BCUT2D eigenvalue weighted by molar-refractivity contribution is -0.116. The van der Waals surface area contributed by atoms with E-state index < -0.39 is 10.0 Å². The third-order valence-electron chi connectivity index (χ3n) is 4.84. The fourth-order valence-corrected chi connectivity index (χ4v) is 3.80. The van der Waals surface area contributed by atoms with Gasteiger partial charge in [0.2, 0.25) is 15.9 Å². The second kappa shape index (κ2) is 14.3. The lowest BCUT2D eigenvalue weighted by atomic mass is 10.2. The first-order chi connectivity index (χ1) is 16.4. The van der Waals surface area contributed by atoms with E-state index in [9.17, 15) is 13.2 Å². The molecule has 0 bridgehead atoms. The van der Waals surface area contributed by atoms with E-state index in [1.807, 2.05) is 49.4 Å². The smallest absolute Gasteiger partial charge is 0.243 e. The molecule has 0 heterocycles. The molecule has 2 aromatic carbocycles. The summed E-state index contributed by atoms with van der Waals surface area (Å²) >= 11 is 0. The molecule has 0 aliphatic heterocycles. The van der Waals surface area contributed by atoms with Crippen LogP contribution in [0, 0.1) is 0 Å². The number of carbonyl (C=O) groups excluding carboxylic acids is 1. The topological polar surface area (TPSA) is 94.2 Å². The zero-order valence-electron chi connectivity index (χ0n) is 20.0. The predicted octanol–water partition coefficient (Wildman–Crippen LogP) is 3.34. The first-order valence-electron chi connectivity index (χ1n) is 11.3. The minimum Gasteiger partial charge on any atom is -0.490 e. The maximum atomic E-state index is 12.1. The summed E-state index contributed by atoms with van der Waals surface area (Å²) in [6, 6.07) is 15.0. The number of amides is 1. The van der Waals surface area contributed by atoms with Crippen molar-refractivity contribution in [3.8, 4) is 17.2 Å². The maximum Gasteiger partial charge on any atom is 0.243 e. The number of rotatable bonds is 15. The second-order valence-electron chi connectivity index (χ2n) is 7.35. The van der Waals surface area contributed by atoms with Crippen LogP contribution in [0.25, 0.3) is 6.08 Å². The number of hydrogen-bond donors (Lipinski definition) is 1. The monoisotopic (exact) mass is 490 g/mol. The Morgan fingerprint density at radius 2 is 1.74 bits per heavy atom. The molecule has 34 heavy (non-hydrogen) atoms.